The highest BCUT2D eigenvalue weighted by atomic mass is 16.5. The van der Waals surface area contributed by atoms with E-state index in [2.05, 4.69) is 10.3 Å². The second-order valence-corrected chi connectivity index (χ2v) is 6.34. The number of rotatable bonds is 8. The number of benzene rings is 2. The Balaban J connectivity index is 2.17. The van der Waals surface area contributed by atoms with Crippen molar-refractivity contribution in [3.63, 3.8) is 0 Å². The first-order valence-corrected chi connectivity index (χ1v) is 9.46. The molecule has 0 aliphatic heterocycles. The Bertz CT molecular complexity index is 1100. The van der Waals surface area contributed by atoms with Gasteiger partial charge in [0.1, 0.15) is 22.8 Å². The third kappa shape index (κ3) is 4.07. The fourth-order valence-electron chi connectivity index (χ4n) is 3.26. The number of fused-ring (bicyclic) bond motifs is 1. The third-order valence-corrected chi connectivity index (χ3v) is 4.68. The molecule has 0 bridgehead atoms. The van der Waals surface area contributed by atoms with Crippen LogP contribution in [0.3, 0.4) is 0 Å². The minimum Gasteiger partial charge on any atom is -0.496 e. The number of H-pyrrole nitrogens is 1. The minimum absolute atomic E-state index is 0.0920. The van der Waals surface area contributed by atoms with Crippen LogP contribution >= 0.6 is 0 Å². The van der Waals surface area contributed by atoms with Crippen molar-refractivity contribution in [1.82, 2.24) is 4.98 Å². The monoisotopic (exact) mass is 428 g/mol. The summed E-state index contributed by atoms with van der Waals surface area (Å²) in [5.74, 6) is 0.433. The maximum Gasteiger partial charge on any atom is 0.356 e. The first-order chi connectivity index (χ1) is 15.0. The van der Waals surface area contributed by atoms with Crippen molar-refractivity contribution in [2.45, 2.75) is 6.92 Å². The molecule has 164 valence electrons. The van der Waals surface area contributed by atoms with E-state index in [1.807, 2.05) is 0 Å². The predicted octanol–water partition coefficient (Wildman–Crippen LogP) is 3.63. The number of methoxy groups -OCH3 is 4. The number of hydrogen-bond acceptors (Lipinski definition) is 7. The van der Waals surface area contributed by atoms with Gasteiger partial charge in [0.2, 0.25) is 0 Å². The van der Waals surface area contributed by atoms with Crippen molar-refractivity contribution in [3.8, 4) is 23.0 Å². The van der Waals surface area contributed by atoms with Gasteiger partial charge in [-0.1, -0.05) is 6.07 Å². The molecule has 0 saturated heterocycles. The van der Waals surface area contributed by atoms with Crippen molar-refractivity contribution in [1.29, 1.82) is 0 Å². The van der Waals surface area contributed by atoms with Gasteiger partial charge in [-0.3, -0.25) is 4.79 Å². The van der Waals surface area contributed by atoms with E-state index in [1.165, 1.54) is 28.4 Å². The second-order valence-electron chi connectivity index (χ2n) is 6.34. The molecular formula is C22H24N2O7. The molecule has 0 aliphatic carbocycles. The molecule has 0 unspecified atom stereocenters. The van der Waals surface area contributed by atoms with E-state index in [9.17, 15) is 9.59 Å². The molecule has 0 radical (unpaired) electrons. The van der Waals surface area contributed by atoms with Gasteiger partial charge in [-0.05, 0) is 25.1 Å². The molecule has 1 heterocycles. The van der Waals surface area contributed by atoms with Crippen molar-refractivity contribution in [2.75, 3.05) is 40.4 Å². The van der Waals surface area contributed by atoms with Crippen LogP contribution in [0.1, 0.15) is 27.8 Å². The molecule has 9 heteroatoms. The smallest absolute Gasteiger partial charge is 0.356 e. The molecule has 3 aromatic rings. The summed E-state index contributed by atoms with van der Waals surface area (Å²) in [5.41, 5.74) is 1.09. The fraction of sp³-hybridized carbons (Fsp3) is 0.273. The van der Waals surface area contributed by atoms with E-state index < -0.39 is 11.9 Å². The van der Waals surface area contributed by atoms with Gasteiger partial charge < -0.3 is 34.0 Å². The van der Waals surface area contributed by atoms with E-state index in [0.717, 1.165) is 0 Å². The number of carbonyl (C=O) groups excluding carboxylic acids is 2. The highest BCUT2D eigenvalue weighted by Crippen LogP contribution is 2.38. The van der Waals surface area contributed by atoms with Gasteiger partial charge in [-0.25, -0.2) is 4.79 Å². The standard InChI is InChI=1S/C22H24N2O7/c1-6-31-22(26)20-19(12-10-16(29-4)17(30-5)11-13(12)23-20)24-21(25)18-14(27-2)8-7-9-15(18)28-3/h7-11,23H,6H2,1-5H3,(H,24,25). The topological polar surface area (TPSA) is 108 Å². The summed E-state index contributed by atoms with van der Waals surface area (Å²) in [6.45, 7) is 1.87. The lowest BCUT2D eigenvalue weighted by Crippen LogP contribution is -2.17. The van der Waals surface area contributed by atoms with Gasteiger partial charge in [-0.15, -0.1) is 0 Å². The number of anilines is 1. The van der Waals surface area contributed by atoms with Crippen molar-refractivity contribution >= 4 is 28.5 Å². The van der Waals surface area contributed by atoms with Gasteiger partial charge in [0.15, 0.2) is 11.5 Å². The molecule has 0 spiro atoms. The molecule has 1 amide bonds. The largest absolute Gasteiger partial charge is 0.496 e. The SMILES string of the molecule is CCOC(=O)c1[nH]c2cc(OC)c(OC)cc2c1NC(=O)c1c(OC)cccc1OC. The highest BCUT2D eigenvalue weighted by Gasteiger charge is 2.25. The molecule has 0 atom stereocenters. The summed E-state index contributed by atoms with van der Waals surface area (Å²) < 4.78 is 26.5. The zero-order chi connectivity index (χ0) is 22.5. The van der Waals surface area contributed by atoms with Crippen LogP contribution in [0.15, 0.2) is 30.3 Å². The summed E-state index contributed by atoms with van der Waals surface area (Å²) in [4.78, 5) is 28.8. The lowest BCUT2D eigenvalue weighted by Gasteiger charge is -2.14. The molecule has 0 saturated carbocycles. The molecule has 9 nitrogen and oxygen atoms in total. The number of aromatic nitrogens is 1. The Kier molecular flexibility index (Phi) is 6.54. The average Bonchev–Trinajstić information content (AvgIpc) is 3.14. The Morgan fingerprint density at radius 1 is 0.903 bits per heavy atom. The normalized spacial score (nSPS) is 10.5. The lowest BCUT2D eigenvalue weighted by molar-refractivity contribution is 0.0522. The van der Waals surface area contributed by atoms with E-state index in [4.69, 9.17) is 23.7 Å². The Hall–Kier alpha value is -3.88. The molecular weight excluding hydrogens is 404 g/mol. The Labute approximate surface area is 179 Å². The van der Waals surface area contributed by atoms with Gasteiger partial charge in [-0.2, -0.15) is 0 Å². The fourth-order valence-corrected chi connectivity index (χ4v) is 3.26. The summed E-state index contributed by atoms with van der Waals surface area (Å²) in [6.07, 6.45) is 0. The Morgan fingerprint density at radius 2 is 1.48 bits per heavy atom. The van der Waals surface area contributed by atoms with Crippen LogP contribution in [-0.4, -0.2) is 51.9 Å². The van der Waals surface area contributed by atoms with E-state index >= 15 is 0 Å². The summed E-state index contributed by atoms with van der Waals surface area (Å²) >= 11 is 0. The van der Waals surface area contributed by atoms with E-state index in [0.29, 0.717) is 33.9 Å². The zero-order valence-electron chi connectivity index (χ0n) is 18.0. The first-order valence-electron chi connectivity index (χ1n) is 9.46. The first kappa shape index (κ1) is 21.8. The maximum atomic E-state index is 13.2. The van der Waals surface area contributed by atoms with Crippen LogP contribution < -0.4 is 24.3 Å². The van der Waals surface area contributed by atoms with E-state index in [1.54, 1.807) is 37.3 Å². The summed E-state index contributed by atoms with van der Waals surface area (Å²) in [6, 6.07) is 8.35. The number of amides is 1. The van der Waals surface area contributed by atoms with Crippen LogP contribution in [0, 0.1) is 0 Å². The highest BCUT2D eigenvalue weighted by molar-refractivity contribution is 6.16. The average molecular weight is 428 g/mol. The van der Waals surface area contributed by atoms with Gasteiger partial charge >= 0.3 is 5.97 Å². The summed E-state index contributed by atoms with van der Waals surface area (Å²) in [7, 11) is 5.92. The summed E-state index contributed by atoms with van der Waals surface area (Å²) in [5, 5.41) is 3.34. The molecule has 2 aromatic carbocycles. The molecule has 3 rings (SSSR count). The number of hydrogen-bond donors (Lipinski definition) is 2. The molecule has 1 aromatic heterocycles. The van der Waals surface area contributed by atoms with Crippen molar-refractivity contribution in [3.05, 3.63) is 41.6 Å². The number of ether oxygens (including phenoxy) is 5. The lowest BCUT2D eigenvalue weighted by atomic mass is 10.1. The van der Waals surface area contributed by atoms with Crippen LogP contribution in [0.4, 0.5) is 5.69 Å². The zero-order valence-corrected chi connectivity index (χ0v) is 18.0. The number of carbonyl (C=O) groups is 2. The Morgan fingerprint density at radius 3 is 2.03 bits per heavy atom. The van der Waals surface area contributed by atoms with Crippen LogP contribution in [0.5, 0.6) is 23.0 Å². The number of aromatic amines is 1. The number of esters is 1. The quantitative estimate of drug-likeness (QED) is 0.528. The molecule has 0 aliphatic rings. The van der Waals surface area contributed by atoms with Crippen molar-refractivity contribution in [2.24, 2.45) is 0 Å². The van der Waals surface area contributed by atoms with Crippen molar-refractivity contribution < 1.29 is 33.3 Å². The minimum atomic E-state index is -0.612. The molecule has 2 N–H and O–H groups in total. The van der Waals surface area contributed by atoms with Crippen LogP contribution in [0.25, 0.3) is 10.9 Å². The van der Waals surface area contributed by atoms with Crippen LogP contribution in [-0.2, 0) is 4.74 Å². The number of nitrogens with one attached hydrogen (secondary N) is 2. The molecule has 0 fully saturated rings. The third-order valence-electron chi connectivity index (χ3n) is 4.68. The second kappa shape index (κ2) is 9.29. The van der Waals surface area contributed by atoms with Gasteiger partial charge in [0, 0.05) is 11.5 Å². The van der Waals surface area contributed by atoms with Gasteiger partial charge in [0.25, 0.3) is 5.91 Å². The maximum absolute atomic E-state index is 13.2. The van der Waals surface area contributed by atoms with Gasteiger partial charge in [0.05, 0.1) is 46.3 Å². The van der Waals surface area contributed by atoms with Crippen LogP contribution in [0.2, 0.25) is 0 Å². The molecule has 31 heavy (non-hydrogen) atoms. The predicted molar refractivity (Wildman–Crippen MR) is 115 cm³/mol. The van der Waals surface area contributed by atoms with E-state index in [-0.39, 0.29) is 23.6 Å².